The molecule has 0 bridgehead atoms. The van der Waals surface area contributed by atoms with Gasteiger partial charge in [0.2, 0.25) is 5.91 Å². The number of benzene rings is 1. The summed E-state index contributed by atoms with van der Waals surface area (Å²) < 4.78 is 0. The molecule has 2 saturated heterocycles. The predicted molar refractivity (Wildman–Crippen MR) is 103 cm³/mol. The molecule has 140 valence electrons. The molecule has 2 aromatic rings. The summed E-state index contributed by atoms with van der Waals surface area (Å²) in [6.07, 6.45) is 7.02. The van der Waals surface area contributed by atoms with Crippen LogP contribution in [0.25, 0.3) is 0 Å². The molecule has 0 unspecified atom stereocenters. The highest BCUT2D eigenvalue weighted by atomic mass is 16.2. The molecular weight excluding hydrogens is 338 g/mol. The van der Waals surface area contributed by atoms with Gasteiger partial charge in [0, 0.05) is 50.6 Å². The number of carbonyl (C=O) groups is 2. The van der Waals surface area contributed by atoms with Crippen LogP contribution in [0.1, 0.15) is 41.6 Å². The highest BCUT2D eigenvalue weighted by molar-refractivity contribution is 5.94. The van der Waals surface area contributed by atoms with Gasteiger partial charge in [-0.1, -0.05) is 18.2 Å². The van der Waals surface area contributed by atoms with Crippen molar-refractivity contribution in [1.82, 2.24) is 14.8 Å². The minimum Gasteiger partial charge on any atom is -0.339 e. The van der Waals surface area contributed by atoms with Crippen LogP contribution < -0.4 is 0 Å². The van der Waals surface area contributed by atoms with Gasteiger partial charge in [0.05, 0.1) is 0 Å². The van der Waals surface area contributed by atoms with Crippen molar-refractivity contribution < 1.29 is 9.59 Å². The maximum absolute atomic E-state index is 12.7. The first-order valence-corrected chi connectivity index (χ1v) is 9.66. The van der Waals surface area contributed by atoms with Gasteiger partial charge < -0.3 is 9.80 Å². The number of likely N-dealkylation sites (tertiary alicyclic amines) is 2. The Morgan fingerprint density at radius 2 is 1.70 bits per heavy atom. The number of hydrogen-bond acceptors (Lipinski definition) is 3. The number of amides is 2. The zero-order chi connectivity index (χ0) is 18.7. The van der Waals surface area contributed by atoms with Gasteiger partial charge >= 0.3 is 0 Å². The van der Waals surface area contributed by atoms with Crippen LogP contribution in [0.3, 0.4) is 0 Å². The summed E-state index contributed by atoms with van der Waals surface area (Å²) in [4.78, 5) is 33.1. The zero-order valence-electron chi connectivity index (χ0n) is 15.5. The average molecular weight is 363 g/mol. The number of piperidine rings is 2. The van der Waals surface area contributed by atoms with Gasteiger partial charge in [0.1, 0.15) is 0 Å². The molecule has 2 aliphatic heterocycles. The van der Waals surface area contributed by atoms with Gasteiger partial charge in [-0.25, -0.2) is 0 Å². The molecule has 2 fully saturated rings. The monoisotopic (exact) mass is 363 g/mol. The molecule has 0 atom stereocenters. The number of hydrogen-bond donors (Lipinski definition) is 0. The zero-order valence-corrected chi connectivity index (χ0v) is 15.5. The number of carbonyl (C=O) groups excluding carboxylic acids is 2. The highest BCUT2D eigenvalue weighted by Gasteiger charge is 2.41. The normalized spacial score (nSPS) is 19.3. The van der Waals surface area contributed by atoms with Gasteiger partial charge in [0.25, 0.3) is 5.91 Å². The quantitative estimate of drug-likeness (QED) is 0.842. The largest absolute Gasteiger partial charge is 0.339 e. The molecule has 0 aliphatic carbocycles. The van der Waals surface area contributed by atoms with Crippen LogP contribution in [0.15, 0.2) is 54.9 Å². The van der Waals surface area contributed by atoms with E-state index < -0.39 is 0 Å². The molecule has 27 heavy (non-hydrogen) atoms. The van der Waals surface area contributed by atoms with E-state index in [9.17, 15) is 9.59 Å². The summed E-state index contributed by atoms with van der Waals surface area (Å²) >= 11 is 0. The first kappa shape index (κ1) is 17.7. The summed E-state index contributed by atoms with van der Waals surface area (Å²) in [6, 6.07) is 13.4. The van der Waals surface area contributed by atoms with Gasteiger partial charge in [0.15, 0.2) is 0 Å². The number of rotatable bonds is 3. The number of pyridine rings is 1. The smallest absolute Gasteiger partial charge is 0.253 e. The predicted octanol–water partition coefficient (Wildman–Crippen LogP) is 3.13. The first-order chi connectivity index (χ1) is 13.2. The Balaban J connectivity index is 1.40. The van der Waals surface area contributed by atoms with Gasteiger partial charge in [-0.2, -0.15) is 0 Å². The summed E-state index contributed by atoms with van der Waals surface area (Å²) in [5, 5.41) is 0. The van der Waals surface area contributed by atoms with Crippen molar-refractivity contribution in [3.05, 3.63) is 66.0 Å². The molecule has 3 heterocycles. The third-order valence-electron chi connectivity index (χ3n) is 6.00. The Hall–Kier alpha value is -2.69. The minimum atomic E-state index is 0.117. The Kier molecular flexibility index (Phi) is 4.92. The fourth-order valence-electron chi connectivity index (χ4n) is 4.31. The summed E-state index contributed by atoms with van der Waals surface area (Å²) in [7, 11) is 0. The topological polar surface area (TPSA) is 53.5 Å². The van der Waals surface area contributed by atoms with E-state index in [4.69, 9.17) is 0 Å². The second-order valence-corrected chi connectivity index (χ2v) is 7.76. The number of aromatic nitrogens is 1. The second-order valence-electron chi connectivity index (χ2n) is 7.76. The van der Waals surface area contributed by atoms with Crippen molar-refractivity contribution in [3.8, 4) is 0 Å². The Morgan fingerprint density at radius 1 is 1.00 bits per heavy atom. The molecule has 5 heteroatoms. The van der Waals surface area contributed by atoms with E-state index in [1.54, 1.807) is 12.4 Å². The van der Waals surface area contributed by atoms with Crippen LogP contribution in [-0.4, -0.2) is 46.2 Å². The number of nitrogens with zero attached hydrogens (tertiary/aromatic N) is 3. The van der Waals surface area contributed by atoms with Crippen molar-refractivity contribution >= 4 is 11.8 Å². The second kappa shape index (κ2) is 7.51. The Morgan fingerprint density at radius 3 is 2.41 bits per heavy atom. The summed E-state index contributed by atoms with van der Waals surface area (Å²) in [6.45, 7) is 2.98. The molecule has 1 aromatic heterocycles. The third-order valence-corrected chi connectivity index (χ3v) is 6.00. The lowest BCUT2D eigenvalue weighted by Gasteiger charge is -2.47. The maximum atomic E-state index is 12.7. The van der Waals surface area contributed by atoms with E-state index in [0.29, 0.717) is 13.0 Å². The minimum absolute atomic E-state index is 0.117. The van der Waals surface area contributed by atoms with Crippen molar-refractivity contribution in [1.29, 1.82) is 0 Å². The van der Waals surface area contributed by atoms with Crippen LogP contribution in [0.5, 0.6) is 0 Å². The van der Waals surface area contributed by atoms with Crippen LogP contribution in [0.2, 0.25) is 0 Å². The van der Waals surface area contributed by atoms with E-state index in [0.717, 1.165) is 50.0 Å². The first-order valence-electron chi connectivity index (χ1n) is 9.66. The fourth-order valence-corrected chi connectivity index (χ4v) is 4.31. The summed E-state index contributed by atoms with van der Waals surface area (Å²) in [5.41, 5.74) is 2.02. The van der Waals surface area contributed by atoms with Crippen LogP contribution >= 0.6 is 0 Å². The van der Waals surface area contributed by atoms with Crippen molar-refractivity contribution in [3.63, 3.8) is 0 Å². The molecule has 5 nitrogen and oxygen atoms in total. The van der Waals surface area contributed by atoms with Crippen LogP contribution in [0, 0.1) is 5.41 Å². The SMILES string of the molecule is O=C1CCC2(CCN(C(=O)c3ccccc3)CC2)CN1Cc1ccncc1. The molecule has 4 rings (SSSR count). The van der Waals surface area contributed by atoms with Crippen LogP contribution in [0.4, 0.5) is 0 Å². The van der Waals surface area contributed by atoms with Crippen molar-refractivity contribution in [2.45, 2.75) is 32.2 Å². The lowest BCUT2D eigenvalue weighted by Crippen LogP contribution is -2.52. The lowest BCUT2D eigenvalue weighted by atomic mass is 9.72. The average Bonchev–Trinajstić information content (AvgIpc) is 2.72. The maximum Gasteiger partial charge on any atom is 0.253 e. The standard InChI is InChI=1S/C22H25N3O2/c26-20-6-9-22(17-25(20)16-18-7-12-23-13-8-18)10-14-24(15-11-22)21(27)19-4-2-1-3-5-19/h1-5,7-8,12-13H,6,9-11,14-17H2. The van der Waals surface area contributed by atoms with E-state index in [1.165, 1.54) is 0 Å². The van der Waals surface area contributed by atoms with E-state index >= 15 is 0 Å². The van der Waals surface area contributed by atoms with E-state index in [1.807, 2.05) is 52.3 Å². The molecule has 0 radical (unpaired) electrons. The lowest BCUT2D eigenvalue weighted by molar-refractivity contribution is -0.139. The molecule has 0 N–H and O–H groups in total. The van der Waals surface area contributed by atoms with E-state index in [-0.39, 0.29) is 17.2 Å². The van der Waals surface area contributed by atoms with Gasteiger partial charge in [-0.3, -0.25) is 14.6 Å². The molecular formula is C22H25N3O2. The van der Waals surface area contributed by atoms with E-state index in [2.05, 4.69) is 4.98 Å². The molecule has 2 aliphatic rings. The molecule has 0 saturated carbocycles. The van der Waals surface area contributed by atoms with Gasteiger partial charge in [-0.15, -0.1) is 0 Å². The van der Waals surface area contributed by atoms with Gasteiger partial charge in [-0.05, 0) is 54.5 Å². The highest BCUT2D eigenvalue weighted by Crippen LogP contribution is 2.40. The Bertz CT molecular complexity index is 799. The van der Waals surface area contributed by atoms with Crippen LogP contribution in [-0.2, 0) is 11.3 Å². The summed E-state index contributed by atoms with van der Waals surface area (Å²) in [5.74, 6) is 0.353. The molecule has 1 spiro atoms. The Labute approximate surface area is 160 Å². The van der Waals surface area contributed by atoms with Crippen molar-refractivity contribution in [2.75, 3.05) is 19.6 Å². The fraction of sp³-hybridized carbons (Fsp3) is 0.409. The third kappa shape index (κ3) is 3.87. The van der Waals surface area contributed by atoms with Crippen molar-refractivity contribution in [2.24, 2.45) is 5.41 Å². The molecule has 2 amide bonds. The molecule has 1 aromatic carbocycles.